The van der Waals surface area contributed by atoms with Crippen LogP contribution in [0.2, 0.25) is 0 Å². The molecule has 4 N–H and O–H groups in total. The van der Waals surface area contributed by atoms with Crippen LogP contribution in [0.25, 0.3) is 0 Å². The zero-order valence-corrected chi connectivity index (χ0v) is 8.15. The van der Waals surface area contributed by atoms with Crippen molar-refractivity contribution in [2.45, 2.75) is 44.2 Å². The van der Waals surface area contributed by atoms with Crippen molar-refractivity contribution in [1.29, 1.82) is 0 Å². The lowest BCUT2D eigenvalue weighted by Crippen LogP contribution is -2.44. The second-order valence-corrected chi connectivity index (χ2v) is 4.66. The van der Waals surface area contributed by atoms with Gasteiger partial charge in [-0.15, -0.1) is 0 Å². The third kappa shape index (κ3) is 1.17. The van der Waals surface area contributed by atoms with Crippen LogP contribution in [0.4, 0.5) is 0 Å². The summed E-state index contributed by atoms with van der Waals surface area (Å²) in [7, 11) is 0. The van der Waals surface area contributed by atoms with Gasteiger partial charge in [0.15, 0.2) is 0 Å². The monoisotopic (exact) mass is 199 g/mol. The summed E-state index contributed by atoms with van der Waals surface area (Å²) in [6.45, 7) is 0. The van der Waals surface area contributed by atoms with Crippen LogP contribution in [0.5, 0.6) is 0 Å². The number of aliphatic hydroxyl groups excluding tert-OH is 1. The van der Waals surface area contributed by atoms with E-state index in [2.05, 4.69) is 0 Å². The zero-order chi connectivity index (χ0) is 10.3. The summed E-state index contributed by atoms with van der Waals surface area (Å²) in [6.07, 6.45) is 3.32. The predicted molar refractivity (Wildman–Crippen MR) is 50.6 cm³/mol. The van der Waals surface area contributed by atoms with Gasteiger partial charge in [-0.3, -0.25) is 4.79 Å². The van der Waals surface area contributed by atoms with Gasteiger partial charge in [0, 0.05) is 11.5 Å². The molecule has 0 radical (unpaired) electrons. The lowest BCUT2D eigenvalue weighted by Gasteiger charge is -2.33. The van der Waals surface area contributed by atoms with E-state index in [4.69, 9.17) is 10.8 Å². The Labute approximate surface area is 83.1 Å². The Morgan fingerprint density at radius 3 is 2.57 bits per heavy atom. The summed E-state index contributed by atoms with van der Waals surface area (Å²) in [4.78, 5) is 11.1. The summed E-state index contributed by atoms with van der Waals surface area (Å²) < 4.78 is 0. The number of carboxylic acid groups (broad SMARTS) is 1. The number of hydrogen-bond acceptors (Lipinski definition) is 3. The van der Waals surface area contributed by atoms with Crippen molar-refractivity contribution in [2.24, 2.45) is 17.1 Å². The molecule has 1 unspecified atom stereocenters. The Morgan fingerprint density at radius 1 is 1.36 bits per heavy atom. The molecule has 2 fully saturated rings. The molecule has 2 rings (SSSR count). The van der Waals surface area contributed by atoms with Crippen LogP contribution < -0.4 is 5.73 Å². The van der Waals surface area contributed by atoms with E-state index >= 15 is 0 Å². The molecule has 2 aliphatic rings. The lowest BCUT2D eigenvalue weighted by molar-refractivity contribution is -0.148. The fourth-order valence-corrected chi connectivity index (χ4v) is 3.29. The van der Waals surface area contributed by atoms with Crippen LogP contribution in [-0.2, 0) is 4.79 Å². The molecule has 4 nitrogen and oxygen atoms in total. The molecule has 0 amide bonds. The van der Waals surface area contributed by atoms with Gasteiger partial charge < -0.3 is 15.9 Å². The molecule has 0 aliphatic heterocycles. The molecule has 4 atom stereocenters. The SMILES string of the molecule is N[C@@H]1CC[C@]2(CCCC2C(=O)O)[C@@H]1O. The van der Waals surface area contributed by atoms with E-state index < -0.39 is 17.5 Å². The van der Waals surface area contributed by atoms with Gasteiger partial charge in [0.25, 0.3) is 0 Å². The molecule has 14 heavy (non-hydrogen) atoms. The van der Waals surface area contributed by atoms with Crippen LogP contribution in [0, 0.1) is 11.3 Å². The van der Waals surface area contributed by atoms with Gasteiger partial charge in [-0.25, -0.2) is 0 Å². The minimum absolute atomic E-state index is 0.227. The highest BCUT2D eigenvalue weighted by atomic mass is 16.4. The van der Waals surface area contributed by atoms with Crippen LogP contribution in [-0.4, -0.2) is 28.3 Å². The third-order valence-electron chi connectivity index (χ3n) is 4.06. The van der Waals surface area contributed by atoms with E-state index in [0.717, 1.165) is 25.7 Å². The highest BCUT2D eigenvalue weighted by Crippen LogP contribution is 2.53. The van der Waals surface area contributed by atoms with E-state index in [1.807, 2.05) is 0 Å². The lowest BCUT2D eigenvalue weighted by atomic mass is 9.74. The topological polar surface area (TPSA) is 83.6 Å². The first-order valence-electron chi connectivity index (χ1n) is 5.24. The molecule has 1 spiro atoms. The van der Waals surface area contributed by atoms with E-state index in [1.165, 1.54) is 0 Å². The number of carboxylic acids is 1. The van der Waals surface area contributed by atoms with Gasteiger partial charge in [-0.05, 0) is 25.7 Å². The second-order valence-electron chi connectivity index (χ2n) is 4.66. The van der Waals surface area contributed by atoms with Crippen molar-refractivity contribution in [1.82, 2.24) is 0 Å². The van der Waals surface area contributed by atoms with Crippen molar-refractivity contribution in [3.63, 3.8) is 0 Å². The molecule has 0 aromatic rings. The minimum Gasteiger partial charge on any atom is -0.481 e. The van der Waals surface area contributed by atoms with Crippen LogP contribution in [0.3, 0.4) is 0 Å². The van der Waals surface area contributed by atoms with E-state index in [-0.39, 0.29) is 12.0 Å². The number of nitrogens with two attached hydrogens (primary N) is 1. The van der Waals surface area contributed by atoms with E-state index in [1.54, 1.807) is 0 Å². The van der Waals surface area contributed by atoms with Crippen molar-refractivity contribution < 1.29 is 15.0 Å². The summed E-state index contributed by atoms with van der Waals surface area (Å²) in [5, 5.41) is 19.1. The molecule has 0 aromatic carbocycles. The molecule has 2 aliphatic carbocycles. The van der Waals surface area contributed by atoms with E-state index in [9.17, 15) is 9.90 Å². The molecule has 2 saturated carbocycles. The van der Waals surface area contributed by atoms with Crippen molar-refractivity contribution >= 4 is 5.97 Å². The largest absolute Gasteiger partial charge is 0.481 e. The highest BCUT2D eigenvalue weighted by Gasteiger charge is 2.56. The Balaban J connectivity index is 2.26. The normalized spacial score (nSPS) is 47.4. The smallest absolute Gasteiger partial charge is 0.307 e. The predicted octanol–water partition coefficient (Wildman–Crippen LogP) is 0.339. The Bertz CT molecular complexity index is 256. The van der Waals surface area contributed by atoms with Crippen LogP contribution in [0.1, 0.15) is 32.1 Å². The van der Waals surface area contributed by atoms with Crippen molar-refractivity contribution in [3.05, 3.63) is 0 Å². The Kier molecular flexibility index (Phi) is 2.27. The molecule has 4 heteroatoms. The molecule has 0 aromatic heterocycles. The number of hydrogen-bond donors (Lipinski definition) is 3. The fraction of sp³-hybridized carbons (Fsp3) is 0.900. The zero-order valence-electron chi connectivity index (χ0n) is 8.15. The highest BCUT2D eigenvalue weighted by molar-refractivity contribution is 5.71. The standard InChI is InChI=1S/C10H17NO3/c11-7-3-5-10(8(7)12)4-1-2-6(10)9(13)14/h6-8,12H,1-5,11H2,(H,13,14)/t6?,7-,8-,10+/m1/s1. The summed E-state index contributed by atoms with van der Waals surface area (Å²) in [6, 6.07) is -0.227. The first-order chi connectivity index (χ1) is 6.58. The molecule has 0 heterocycles. The third-order valence-corrected chi connectivity index (χ3v) is 4.06. The number of carbonyl (C=O) groups is 1. The van der Waals surface area contributed by atoms with Gasteiger partial charge in [0.1, 0.15) is 0 Å². The van der Waals surface area contributed by atoms with Crippen LogP contribution in [0.15, 0.2) is 0 Å². The average Bonchev–Trinajstić information content (AvgIpc) is 2.67. The Morgan fingerprint density at radius 2 is 2.07 bits per heavy atom. The van der Waals surface area contributed by atoms with Gasteiger partial charge in [-0.1, -0.05) is 6.42 Å². The quantitative estimate of drug-likeness (QED) is 0.568. The maximum Gasteiger partial charge on any atom is 0.307 e. The van der Waals surface area contributed by atoms with Gasteiger partial charge in [-0.2, -0.15) is 0 Å². The summed E-state index contributed by atoms with van der Waals surface area (Å²) in [5.41, 5.74) is 5.34. The first-order valence-corrected chi connectivity index (χ1v) is 5.24. The van der Waals surface area contributed by atoms with Gasteiger partial charge in [0.05, 0.1) is 12.0 Å². The molecule has 0 bridgehead atoms. The fourth-order valence-electron chi connectivity index (χ4n) is 3.29. The maximum absolute atomic E-state index is 11.1. The Hall–Kier alpha value is -0.610. The maximum atomic E-state index is 11.1. The molecule has 0 saturated heterocycles. The average molecular weight is 199 g/mol. The van der Waals surface area contributed by atoms with Crippen molar-refractivity contribution in [2.75, 3.05) is 0 Å². The summed E-state index contributed by atoms with van der Waals surface area (Å²) in [5.74, 6) is -1.15. The number of aliphatic hydroxyl groups is 1. The number of rotatable bonds is 1. The van der Waals surface area contributed by atoms with Crippen molar-refractivity contribution in [3.8, 4) is 0 Å². The second kappa shape index (κ2) is 3.21. The molecular weight excluding hydrogens is 182 g/mol. The van der Waals surface area contributed by atoms with Crippen LogP contribution >= 0.6 is 0 Å². The summed E-state index contributed by atoms with van der Waals surface area (Å²) >= 11 is 0. The van der Waals surface area contributed by atoms with Gasteiger partial charge >= 0.3 is 5.97 Å². The molecule has 80 valence electrons. The van der Waals surface area contributed by atoms with E-state index in [0.29, 0.717) is 6.42 Å². The number of aliphatic carboxylic acids is 1. The minimum atomic E-state index is -0.768. The first kappa shape index (κ1) is 9.93. The van der Waals surface area contributed by atoms with Gasteiger partial charge in [0.2, 0.25) is 0 Å². The molecular formula is C10H17NO3.